The van der Waals surface area contributed by atoms with Gasteiger partial charge in [0.2, 0.25) is 0 Å². The molecular weight excluding hydrogens is 203 g/mol. The van der Waals surface area contributed by atoms with Crippen LogP contribution in [0.25, 0.3) is 0 Å². The summed E-state index contributed by atoms with van der Waals surface area (Å²) in [6, 6.07) is 5.82. The molecule has 16 heavy (non-hydrogen) atoms. The van der Waals surface area contributed by atoms with Crippen LogP contribution >= 0.6 is 0 Å². The van der Waals surface area contributed by atoms with E-state index >= 15 is 0 Å². The number of rotatable bonds is 3. The molecule has 1 atom stereocenters. The number of para-hydroxylation sites is 1. The SMILES string of the molecule is CC(C)NCC1CCNc2c(F)cccc21. The number of hydrogen-bond acceptors (Lipinski definition) is 2. The number of anilines is 1. The van der Waals surface area contributed by atoms with Gasteiger partial charge >= 0.3 is 0 Å². The van der Waals surface area contributed by atoms with Crippen LogP contribution in [0, 0.1) is 5.82 Å². The third-order valence-electron chi connectivity index (χ3n) is 3.05. The summed E-state index contributed by atoms with van der Waals surface area (Å²) in [7, 11) is 0. The maximum absolute atomic E-state index is 13.6. The van der Waals surface area contributed by atoms with Crippen molar-refractivity contribution in [1.82, 2.24) is 5.32 Å². The molecule has 1 aliphatic rings. The molecule has 2 nitrogen and oxygen atoms in total. The van der Waals surface area contributed by atoms with Crippen molar-refractivity contribution in [3.63, 3.8) is 0 Å². The molecule has 88 valence electrons. The van der Waals surface area contributed by atoms with Crippen LogP contribution in [0.15, 0.2) is 18.2 Å². The van der Waals surface area contributed by atoms with Gasteiger partial charge < -0.3 is 10.6 Å². The third-order valence-corrected chi connectivity index (χ3v) is 3.05. The molecule has 0 spiro atoms. The lowest BCUT2D eigenvalue weighted by Crippen LogP contribution is -2.31. The minimum Gasteiger partial charge on any atom is -0.382 e. The minimum atomic E-state index is -0.133. The molecule has 0 bridgehead atoms. The van der Waals surface area contributed by atoms with E-state index in [1.54, 1.807) is 6.07 Å². The Labute approximate surface area is 96.2 Å². The van der Waals surface area contributed by atoms with Gasteiger partial charge in [-0.15, -0.1) is 0 Å². The summed E-state index contributed by atoms with van der Waals surface area (Å²) in [6.45, 7) is 6.05. The molecule has 3 heteroatoms. The highest BCUT2D eigenvalue weighted by atomic mass is 19.1. The molecule has 0 fully saturated rings. The van der Waals surface area contributed by atoms with Gasteiger partial charge in [-0.05, 0) is 18.1 Å². The Bertz CT molecular complexity index is 363. The number of fused-ring (bicyclic) bond motifs is 1. The van der Waals surface area contributed by atoms with Crippen molar-refractivity contribution in [2.45, 2.75) is 32.2 Å². The first kappa shape index (κ1) is 11.4. The molecule has 1 heterocycles. The van der Waals surface area contributed by atoms with Gasteiger partial charge in [0, 0.05) is 25.0 Å². The lowest BCUT2D eigenvalue weighted by atomic mass is 9.90. The summed E-state index contributed by atoms with van der Waals surface area (Å²) < 4.78 is 13.6. The van der Waals surface area contributed by atoms with Gasteiger partial charge in [0.25, 0.3) is 0 Å². The van der Waals surface area contributed by atoms with Gasteiger partial charge in [-0.3, -0.25) is 0 Å². The zero-order chi connectivity index (χ0) is 11.5. The van der Waals surface area contributed by atoms with E-state index in [2.05, 4.69) is 24.5 Å². The minimum absolute atomic E-state index is 0.133. The molecule has 2 rings (SSSR count). The average molecular weight is 222 g/mol. The second-order valence-electron chi connectivity index (χ2n) is 4.68. The van der Waals surface area contributed by atoms with Crippen molar-refractivity contribution in [2.75, 3.05) is 18.4 Å². The predicted molar refractivity (Wildman–Crippen MR) is 65.4 cm³/mol. The van der Waals surface area contributed by atoms with Gasteiger partial charge in [0.15, 0.2) is 0 Å². The second kappa shape index (κ2) is 4.83. The standard InChI is InChI=1S/C13H19FN2/c1-9(2)16-8-10-6-7-15-13-11(10)4-3-5-12(13)14/h3-5,9-10,15-16H,6-8H2,1-2H3. The molecular formula is C13H19FN2. The fourth-order valence-corrected chi connectivity index (χ4v) is 2.18. The molecule has 0 saturated carbocycles. The molecule has 1 aromatic rings. The maximum atomic E-state index is 13.6. The highest BCUT2D eigenvalue weighted by molar-refractivity contribution is 5.56. The first-order valence-corrected chi connectivity index (χ1v) is 5.94. The third kappa shape index (κ3) is 2.35. The molecule has 0 amide bonds. The second-order valence-corrected chi connectivity index (χ2v) is 4.68. The Kier molecular flexibility index (Phi) is 3.44. The fourth-order valence-electron chi connectivity index (χ4n) is 2.18. The number of nitrogens with one attached hydrogen (secondary N) is 2. The van der Waals surface area contributed by atoms with Crippen molar-refractivity contribution >= 4 is 5.69 Å². The lowest BCUT2D eigenvalue weighted by molar-refractivity contribution is 0.505. The maximum Gasteiger partial charge on any atom is 0.146 e. The molecule has 1 aliphatic heterocycles. The summed E-state index contributed by atoms with van der Waals surface area (Å²) in [6.07, 6.45) is 1.07. The molecule has 1 unspecified atom stereocenters. The Hall–Kier alpha value is -1.09. The van der Waals surface area contributed by atoms with Crippen molar-refractivity contribution in [1.29, 1.82) is 0 Å². The van der Waals surface area contributed by atoms with E-state index in [1.807, 2.05) is 6.07 Å². The van der Waals surface area contributed by atoms with E-state index < -0.39 is 0 Å². The summed E-state index contributed by atoms with van der Waals surface area (Å²) in [4.78, 5) is 0. The zero-order valence-electron chi connectivity index (χ0n) is 9.89. The molecule has 0 radical (unpaired) electrons. The van der Waals surface area contributed by atoms with Crippen LogP contribution in [0.4, 0.5) is 10.1 Å². The Balaban J connectivity index is 2.16. The summed E-state index contributed by atoms with van der Waals surface area (Å²) in [5, 5.41) is 6.57. The average Bonchev–Trinajstić information content (AvgIpc) is 2.27. The van der Waals surface area contributed by atoms with Crippen LogP contribution in [-0.4, -0.2) is 19.1 Å². The highest BCUT2D eigenvalue weighted by Gasteiger charge is 2.21. The summed E-state index contributed by atoms with van der Waals surface area (Å²) >= 11 is 0. The smallest absolute Gasteiger partial charge is 0.146 e. The van der Waals surface area contributed by atoms with E-state index in [0.717, 1.165) is 25.1 Å². The van der Waals surface area contributed by atoms with Crippen molar-refractivity contribution < 1.29 is 4.39 Å². The van der Waals surface area contributed by atoms with Gasteiger partial charge in [0.1, 0.15) is 5.82 Å². The number of hydrogen-bond donors (Lipinski definition) is 2. The highest BCUT2D eigenvalue weighted by Crippen LogP contribution is 2.32. The van der Waals surface area contributed by atoms with E-state index in [0.29, 0.717) is 17.6 Å². The zero-order valence-corrected chi connectivity index (χ0v) is 9.89. The molecule has 1 aromatic carbocycles. The molecule has 2 N–H and O–H groups in total. The first-order valence-electron chi connectivity index (χ1n) is 5.94. The quantitative estimate of drug-likeness (QED) is 0.821. The number of halogens is 1. The monoisotopic (exact) mass is 222 g/mol. The van der Waals surface area contributed by atoms with Gasteiger partial charge in [0.05, 0.1) is 5.69 Å². The van der Waals surface area contributed by atoms with E-state index in [9.17, 15) is 4.39 Å². The summed E-state index contributed by atoms with van der Waals surface area (Å²) in [5.41, 5.74) is 1.81. The van der Waals surface area contributed by atoms with Crippen molar-refractivity contribution in [3.05, 3.63) is 29.6 Å². The van der Waals surface area contributed by atoms with Gasteiger partial charge in [-0.1, -0.05) is 26.0 Å². The lowest BCUT2D eigenvalue weighted by Gasteiger charge is -2.27. The summed E-state index contributed by atoms with van der Waals surface area (Å²) in [5.74, 6) is 0.293. The molecule has 0 aromatic heterocycles. The van der Waals surface area contributed by atoms with Crippen molar-refractivity contribution in [2.24, 2.45) is 0 Å². The fraction of sp³-hybridized carbons (Fsp3) is 0.538. The Morgan fingerprint density at radius 1 is 1.50 bits per heavy atom. The van der Waals surface area contributed by atoms with Gasteiger partial charge in [-0.25, -0.2) is 4.39 Å². The topological polar surface area (TPSA) is 24.1 Å². The normalized spacial score (nSPS) is 19.4. The number of benzene rings is 1. The van der Waals surface area contributed by atoms with E-state index in [1.165, 1.54) is 6.07 Å². The van der Waals surface area contributed by atoms with Crippen molar-refractivity contribution in [3.8, 4) is 0 Å². The van der Waals surface area contributed by atoms with Crippen LogP contribution in [0.3, 0.4) is 0 Å². The van der Waals surface area contributed by atoms with E-state index in [-0.39, 0.29) is 5.82 Å². The van der Waals surface area contributed by atoms with E-state index in [4.69, 9.17) is 0 Å². The molecule has 0 saturated heterocycles. The largest absolute Gasteiger partial charge is 0.382 e. The van der Waals surface area contributed by atoms with Crippen LogP contribution in [0.2, 0.25) is 0 Å². The Morgan fingerprint density at radius 3 is 3.06 bits per heavy atom. The predicted octanol–water partition coefficient (Wildman–Crippen LogP) is 2.72. The van der Waals surface area contributed by atoms with Crippen LogP contribution in [0.5, 0.6) is 0 Å². The molecule has 0 aliphatic carbocycles. The van der Waals surface area contributed by atoms with Crippen LogP contribution in [0.1, 0.15) is 31.7 Å². The van der Waals surface area contributed by atoms with Crippen LogP contribution < -0.4 is 10.6 Å². The van der Waals surface area contributed by atoms with Gasteiger partial charge in [-0.2, -0.15) is 0 Å². The first-order chi connectivity index (χ1) is 7.68. The Morgan fingerprint density at radius 2 is 2.31 bits per heavy atom. The van der Waals surface area contributed by atoms with Crippen LogP contribution in [-0.2, 0) is 0 Å².